The first-order valence-corrected chi connectivity index (χ1v) is 6.10. The van der Waals surface area contributed by atoms with Crippen LogP contribution in [0.1, 0.15) is 31.0 Å². The molecule has 21 heavy (non-hydrogen) atoms. The summed E-state index contributed by atoms with van der Waals surface area (Å²) < 4.78 is 42.7. The number of ether oxygens (including phenoxy) is 1. The number of methoxy groups -OCH3 is 1. The average Bonchev–Trinajstić information content (AvgIpc) is 2.35. The van der Waals surface area contributed by atoms with Gasteiger partial charge in [-0.2, -0.15) is 13.2 Å². The summed E-state index contributed by atoms with van der Waals surface area (Å²) >= 11 is 5.90. The summed E-state index contributed by atoms with van der Waals surface area (Å²) in [5, 5.41) is 0.0717. The van der Waals surface area contributed by atoms with Crippen LogP contribution in [-0.2, 0) is 15.7 Å². The second kappa shape index (κ2) is 6.85. The van der Waals surface area contributed by atoms with Crippen LogP contribution < -0.4 is 5.73 Å². The van der Waals surface area contributed by atoms with Crippen molar-refractivity contribution in [2.45, 2.75) is 26.1 Å². The molecule has 0 aliphatic rings. The first kappa shape index (κ1) is 20.0. The first-order chi connectivity index (χ1) is 9.01. The maximum Gasteiger partial charge on any atom is 0.416 e. The van der Waals surface area contributed by atoms with E-state index < -0.39 is 29.2 Å². The van der Waals surface area contributed by atoms with E-state index in [9.17, 15) is 18.0 Å². The number of nitrogens with two attached hydrogens (primary N) is 1. The Labute approximate surface area is 132 Å². The van der Waals surface area contributed by atoms with Crippen LogP contribution in [0.2, 0.25) is 5.02 Å². The summed E-state index contributed by atoms with van der Waals surface area (Å²) in [5.74, 6) is -0.626. The molecule has 0 aliphatic carbocycles. The van der Waals surface area contributed by atoms with Crippen molar-refractivity contribution in [2.24, 2.45) is 11.1 Å². The number of benzene rings is 1. The molecule has 0 aromatic heterocycles. The number of esters is 1. The minimum absolute atomic E-state index is 0. The van der Waals surface area contributed by atoms with E-state index in [1.807, 2.05) is 0 Å². The molecule has 0 saturated heterocycles. The van der Waals surface area contributed by atoms with Crippen molar-refractivity contribution in [2.75, 3.05) is 7.11 Å². The van der Waals surface area contributed by atoms with Crippen LogP contribution >= 0.6 is 24.0 Å². The summed E-state index contributed by atoms with van der Waals surface area (Å²) in [6.07, 6.45) is -4.51. The van der Waals surface area contributed by atoms with Gasteiger partial charge in [0.1, 0.15) is 0 Å². The Kier molecular flexibility index (Phi) is 6.53. The van der Waals surface area contributed by atoms with Crippen molar-refractivity contribution < 1.29 is 22.7 Å². The van der Waals surface area contributed by atoms with Crippen molar-refractivity contribution in [3.05, 3.63) is 34.3 Å². The first-order valence-electron chi connectivity index (χ1n) is 5.72. The van der Waals surface area contributed by atoms with Crippen LogP contribution in [-0.4, -0.2) is 13.1 Å². The Bertz CT molecular complexity index is 519. The van der Waals surface area contributed by atoms with Gasteiger partial charge in [0, 0.05) is 11.1 Å². The molecule has 0 amide bonds. The van der Waals surface area contributed by atoms with Gasteiger partial charge in [-0.15, -0.1) is 12.4 Å². The third-order valence-electron chi connectivity index (χ3n) is 3.15. The van der Waals surface area contributed by atoms with Crippen LogP contribution in [0.4, 0.5) is 13.2 Å². The minimum Gasteiger partial charge on any atom is -0.469 e. The molecule has 1 aromatic rings. The standard InChI is InChI=1S/C13H15ClF3NO2.ClH/c1-12(2,11(19)20-3)10(18)8-6-7(13(15,16)17)4-5-9(8)14;/h4-6,10H,18H2,1-3H3;1H/t10-;/m1./s1. The molecule has 8 heteroatoms. The molecule has 1 rings (SSSR count). The molecule has 120 valence electrons. The van der Waals surface area contributed by atoms with Gasteiger partial charge >= 0.3 is 12.1 Å². The van der Waals surface area contributed by atoms with Gasteiger partial charge in [0.15, 0.2) is 0 Å². The fourth-order valence-electron chi connectivity index (χ4n) is 1.74. The summed E-state index contributed by atoms with van der Waals surface area (Å²) in [4.78, 5) is 11.7. The zero-order valence-corrected chi connectivity index (χ0v) is 13.2. The molecule has 0 bridgehead atoms. The number of rotatable bonds is 3. The molecule has 0 heterocycles. The van der Waals surface area contributed by atoms with Crippen LogP contribution in [0, 0.1) is 5.41 Å². The summed E-state index contributed by atoms with van der Waals surface area (Å²) in [7, 11) is 1.19. The van der Waals surface area contributed by atoms with Crippen LogP contribution in [0.25, 0.3) is 0 Å². The monoisotopic (exact) mass is 345 g/mol. The highest BCUT2D eigenvalue weighted by atomic mass is 35.5. The van der Waals surface area contributed by atoms with Crippen molar-refractivity contribution in [3.8, 4) is 0 Å². The highest BCUT2D eigenvalue weighted by Gasteiger charge is 2.39. The number of hydrogen-bond donors (Lipinski definition) is 1. The third-order valence-corrected chi connectivity index (χ3v) is 3.49. The zero-order valence-electron chi connectivity index (χ0n) is 11.6. The van der Waals surface area contributed by atoms with E-state index >= 15 is 0 Å². The van der Waals surface area contributed by atoms with Gasteiger partial charge in [-0.25, -0.2) is 0 Å². The maximum atomic E-state index is 12.7. The highest BCUT2D eigenvalue weighted by molar-refractivity contribution is 6.31. The molecule has 1 aromatic carbocycles. The molecule has 0 unspecified atom stereocenters. The fourth-order valence-corrected chi connectivity index (χ4v) is 1.97. The Morgan fingerprint density at radius 1 is 1.33 bits per heavy atom. The average molecular weight is 346 g/mol. The van der Waals surface area contributed by atoms with E-state index in [0.29, 0.717) is 0 Å². The van der Waals surface area contributed by atoms with Gasteiger partial charge in [-0.1, -0.05) is 11.6 Å². The van der Waals surface area contributed by atoms with E-state index in [1.165, 1.54) is 21.0 Å². The van der Waals surface area contributed by atoms with E-state index in [4.69, 9.17) is 17.3 Å². The molecule has 3 nitrogen and oxygen atoms in total. The summed E-state index contributed by atoms with van der Waals surface area (Å²) in [6, 6.07) is 1.82. The van der Waals surface area contributed by atoms with Gasteiger partial charge in [-0.3, -0.25) is 4.79 Å². The number of carbonyl (C=O) groups is 1. The Morgan fingerprint density at radius 3 is 2.29 bits per heavy atom. The molecule has 0 fully saturated rings. The molecular weight excluding hydrogens is 330 g/mol. The number of carbonyl (C=O) groups excluding carboxylic acids is 1. The second-order valence-corrected chi connectivity index (χ2v) is 5.33. The van der Waals surface area contributed by atoms with Crippen LogP contribution in [0.3, 0.4) is 0 Å². The van der Waals surface area contributed by atoms with Crippen molar-refractivity contribution >= 4 is 30.0 Å². The van der Waals surface area contributed by atoms with E-state index in [2.05, 4.69) is 4.74 Å². The van der Waals surface area contributed by atoms with E-state index in [0.717, 1.165) is 18.2 Å². The molecule has 0 radical (unpaired) electrons. The highest BCUT2D eigenvalue weighted by Crippen LogP contribution is 2.39. The summed E-state index contributed by atoms with van der Waals surface area (Å²) in [6.45, 7) is 2.97. The lowest BCUT2D eigenvalue weighted by Gasteiger charge is -2.29. The summed E-state index contributed by atoms with van der Waals surface area (Å²) in [5.41, 5.74) is 3.89. The van der Waals surface area contributed by atoms with Gasteiger partial charge in [0.2, 0.25) is 0 Å². The third kappa shape index (κ3) is 4.25. The van der Waals surface area contributed by atoms with Gasteiger partial charge in [-0.05, 0) is 37.6 Å². The van der Waals surface area contributed by atoms with Gasteiger partial charge < -0.3 is 10.5 Å². The smallest absolute Gasteiger partial charge is 0.416 e. The second-order valence-electron chi connectivity index (χ2n) is 4.92. The normalized spacial score (nSPS) is 13.3. The van der Waals surface area contributed by atoms with E-state index in [1.54, 1.807) is 0 Å². The largest absolute Gasteiger partial charge is 0.469 e. The van der Waals surface area contributed by atoms with E-state index in [-0.39, 0.29) is 23.0 Å². The van der Waals surface area contributed by atoms with Crippen molar-refractivity contribution in [1.82, 2.24) is 0 Å². The Hall–Kier alpha value is -0.980. The lowest BCUT2D eigenvalue weighted by Crippen LogP contribution is -2.37. The Morgan fingerprint density at radius 2 is 1.86 bits per heavy atom. The molecule has 2 N–H and O–H groups in total. The topological polar surface area (TPSA) is 52.3 Å². The van der Waals surface area contributed by atoms with Gasteiger partial charge in [0.25, 0.3) is 0 Å². The van der Waals surface area contributed by atoms with Crippen molar-refractivity contribution in [3.63, 3.8) is 0 Å². The van der Waals surface area contributed by atoms with Gasteiger partial charge in [0.05, 0.1) is 18.1 Å². The number of halogens is 5. The van der Waals surface area contributed by atoms with Crippen LogP contribution in [0.5, 0.6) is 0 Å². The SMILES string of the molecule is COC(=O)C(C)(C)[C@H](N)c1cc(C(F)(F)F)ccc1Cl.Cl. The number of alkyl halides is 3. The molecule has 0 spiro atoms. The fraction of sp³-hybridized carbons (Fsp3) is 0.462. The molecule has 0 saturated carbocycles. The molecule has 1 atom stereocenters. The maximum absolute atomic E-state index is 12.7. The zero-order chi connectivity index (χ0) is 15.7. The minimum atomic E-state index is -4.51. The Balaban J connectivity index is 0.00000400. The number of hydrogen-bond acceptors (Lipinski definition) is 3. The lowest BCUT2D eigenvalue weighted by molar-refractivity contribution is -0.152. The predicted molar refractivity (Wildman–Crippen MR) is 76.4 cm³/mol. The predicted octanol–water partition coefficient (Wildman–Crippen LogP) is 3.98. The van der Waals surface area contributed by atoms with Crippen molar-refractivity contribution in [1.29, 1.82) is 0 Å². The molecular formula is C13H16Cl2F3NO2. The molecule has 0 aliphatic heterocycles. The van der Waals surface area contributed by atoms with Crippen LogP contribution in [0.15, 0.2) is 18.2 Å². The lowest BCUT2D eigenvalue weighted by atomic mass is 9.80. The quantitative estimate of drug-likeness (QED) is 0.843.